The smallest absolute Gasteiger partial charge is 0.326 e. The molecule has 3 atom stereocenters. The first-order valence-electron chi connectivity index (χ1n) is 9.40. The summed E-state index contributed by atoms with van der Waals surface area (Å²) in [6, 6.07) is 3.84. The maximum atomic E-state index is 12.5. The monoisotopic (exact) mass is 394 g/mol. The summed E-state index contributed by atoms with van der Waals surface area (Å²) >= 11 is 0. The zero-order valence-corrected chi connectivity index (χ0v) is 16.9. The third kappa shape index (κ3) is 5.69. The summed E-state index contributed by atoms with van der Waals surface area (Å²) in [6.45, 7) is 8.04. The number of hydrogen-bond donors (Lipinski definition) is 3. The molecule has 8 heteroatoms. The minimum atomic E-state index is -1.78. The van der Waals surface area contributed by atoms with Crippen LogP contribution >= 0.6 is 0 Å². The number of nitrogens with two attached hydrogens (primary N) is 1. The van der Waals surface area contributed by atoms with Gasteiger partial charge in [0.2, 0.25) is 5.91 Å². The molecule has 1 aromatic carbocycles. The topological polar surface area (TPSA) is 128 Å². The molecule has 0 aliphatic heterocycles. The first-order valence-corrected chi connectivity index (χ1v) is 9.40. The molecule has 0 saturated heterocycles. The molecule has 0 heterocycles. The first-order chi connectivity index (χ1) is 13.2. The van der Waals surface area contributed by atoms with Crippen molar-refractivity contribution in [2.45, 2.75) is 52.1 Å². The van der Waals surface area contributed by atoms with Crippen LogP contribution in [0.4, 0.5) is 0 Å². The van der Waals surface area contributed by atoms with Gasteiger partial charge in [-0.05, 0) is 37.5 Å². The lowest BCUT2D eigenvalue weighted by atomic mass is 9.84. The average Bonchev–Trinajstić information content (AvgIpc) is 2.68. The van der Waals surface area contributed by atoms with E-state index in [2.05, 4.69) is 5.32 Å². The number of amides is 1. The maximum absolute atomic E-state index is 12.5. The number of carboxylic acids is 1. The van der Waals surface area contributed by atoms with E-state index in [0.717, 1.165) is 0 Å². The lowest BCUT2D eigenvalue weighted by molar-refractivity contribution is -0.144. The second-order valence-electron chi connectivity index (χ2n) is 6.58. The molecule has 1 rings (SSSR count). The van der Waals surface area contributed by atoms with Crippen LogP contribution < -0.4 is 20.5 Å². The Labute approximate surface area is 165 Å². The Balaban J connectivity index is 3.05. The second-order valence-corrected chi connectivity index (χ2v) is 6.58. The van der Waals surface area contributed by atoms with Gasteiger partial charge in [0.25, 0.3) is 0 Å². The maximum Gasteiger partial charge on any atom is 0.326 e. The molecule has 28 heavy (non-hydrogen) atoms. The van der Waals surface area contributed by atoms with Gasteiger partial charge in [-0.1, -0.05) is 26.3 Å². The highest BCUT2D eigenvalue weighted by atomic mass is 16.5. The molecule has 0 aromatic heterocycles. The molecule has 156 valence electrons. The number of benzene rings is 1. The van der Waals surface area contributed by atoms with Crippen LogP contribution in [0.15, 0.2) is 18.2 Å². The number of carbonyl (C=O) groups excluding carboxylic acids is 2. The normalized spacial score (nSPS) is 15.0. The van der Waals surface area contributed by atoms with Gasteiger partial charge in [-0.25, -0.2) is 4.79 Å². The fourth-order valence-corrected chi connectivity index (χ4v) is 2.67. The zero-order chi connectivity index (χ0) is 21.3. The summed E-state index contributed by atoms with van der Waals surface area (Å²) in [5, 5.41) is 11.9. The molecular weight excluding hydrogens is 364 g/mol. The lowest BCUT2D eigenvalue weighted by Crippen LogP contribution is -2.62. The van der Waals surface area contributed by atoms with Gasteiger partial charge < -0.3 is 30.4 Å². The summed E-state index contributed by atoms with van der Waals surface area (Å²) in [4.78, 5) is 35.6. The van der Waals surface area contributed by atoms with Crippen molar-refractivity contribution < 1.29 is 29.0 Å². The van der Waals surface area contributed by atoms with Crippen LogP contribution in [0.5, 0.6) is 11.5 Å². The highest BCUT2D eigenvalue weighted by molar-refractivity contribution is 6.02. The highest BCUT2D eigenvalue weighted by Gasteiger charge is 2.40. The quantitative estimate of drug-likeness (QED) is 0.362. The van der Waals surface area contributed by atoms with Crippen molar-refractivity contribution >= 4 is 18.2 Å². The molecule has 0 fully saturated rings. The molecule has 0 saturated carbocycles. The van der Waals surface area contributed by atoms with E-state index in [0.29, 0.717) is 43.0 Å². The van der Waals surface area contributed by atoms with Gasteiger partial charge in [0, 0.05) is 6.42 Å². The van der Waals surface area contributed by atoms with Crippen molar-refractivity contribution in [2.24, 2.45) is 11.7 Å². The predicted octanol–water partition coefficient (Wildman–Crippen LogP) is 1.54. The summed E-state index contributed by atoms with van der Waals surface area (Å²) in [7, 11) is 0. The van der Waals surface area contributed by atoms with E-state index in [1.54, 1.807) is 32.0 Å². The van der Waals surface area contributed by atoms with E-state index in [1.807, 2.05) is 13.8 Å². The number of rotatable bonds is 12. The Kier molecular flexibility index (Phi) is 8.91. The minimum Gasteiger partial charge on any atom is -0.490 e. The van der Waals surface area contributed by atoms with Crippen LogP contribution in [-0.2, 0) is 20.8 Å². The highest BCUT2D eigenvalue weighted by Crippen LogP contribution is 2.29. The molecule has 1 unspecified atom stereocenters. The van der Waals surface area contributed by atoms with Gasteiger partial charge >= 0.3 is 5.97 Å². The number of carbonyl (C=O) groups is 3. The third-order valence-electron chi connectivity index (χ3n) is 4.67. The van der Waals surface area contributed by atoms with Crippen LogP contribution in [-0.4, -0.2) is 48.1 Å². The van der Waals surface area contributed by atoms with Crippen molar-refractivity contribution in [1.82, 2.24) is 5.32 Å². The van der Waals surface area contributed by atoms with E-state index >= 15 is 0 Å². The van der Waals surface area contributed by atoms with Gasteiger partial charge in [0.1, 0.15) is 12.3 Å². The molecule has 0 aliphatic carbocycles. The molecule has 0 spiro atoms. The Hall–Kier alpha value is -2.61. The van der Waals surface area contributed by atoms with E-state index in [4.69, 9.17) is 15.2 Å². The number of nitrogens with one attached hydrogen (secondary N) is 1. The van der Waals surface area contributed by atoms with Gasteiger partial charge in [0.15, 0.2) is 17.0 Å². The van der Waals surface area contributed by atoms with Crippen molar-refractivity contribution in [3.8, 4) is 11.5 Å². The Morgan fingerprint density at radius 2 is 1.82 bits per heavy atom. The van der Waals surface area contributed by atoms with Gasteiger partial charge in [0.05, 0.1) is 13.2 Å². The fourth-order valence-electron chi connectivity index (χ4n) is 2.67. The molecule has 0 radical (unpaired) electrons. The summed E-state index contributed by atoms with van der Waals surface area (Å²) < 4.78 is 11.0. The Morgan fingerprint density at radius 1 is 1.21 bits per heavy atom. The summed E-state index contributed by atoms with van der Waals surface area (Å²) in [5.74, 6) is -1.41. The number of ether oxygens (including phenoxy) is 2. The fraction of sp³-hybridized carbons (Fsp3) is 0.550. The van der Waals surface area contributed by atoms with Crippen molar-refractivity contribution in [2.75, 3.05) is 13.2 Å². The third-order valence-corrected chi connectivity index (χ3v) is 4.67. The summed E-state index contributed by atoms with van der Waals surface area (Å²) in [6.07, 6.45) is 0.874. The van der Waals surface area contributed by atoms with E-state index in [9.17, 15) is 19.5 Å². The minimum absolute atomic E-state index is 0.00297. The standard InChI is InChI=1S/C20H30N2O6/c1-5-13(4)20(21,12-23)19(26)22-15(18(24)25)10-14-8-9-16(27-6-2)17(11-14)28-7-3/h8-9,11-13,15H,5-7,10,21H2,1-4H3,(H,22,26)(H,24,25)/t13-,15?,20-/m0/s1. The Bertz CT molecular complexity index is 693. The predicted molar refractivity (Wildman–Crippen MR) is 104 cm³/mol. The van der Waals surface area contributed by atoms with E-state index in [-0.39, 0.29) is 6.42 Å². The van der Waals surface area contributed by atoms with Crippen molar-refractivity contribution in [1.29, 1.82) is 0 Å². The Morgan fingerprint density at radius 3 is 2.32 bits per heavy atom. The van der Waals surface area contributed by atoms with Crippen molar-refractivity contribution in [3.05, 3.63) is 23.8 Å². The number of aldehydes is 1. The molecular formula is C20H30N2O6. The number of carboxylic acid groups (broad SMARTS) is 1. The molecule has 8 nitrogen and oxygen atoms in total. The van der Waals surface area contributed by atoms with E-state index < -0.39 is 29.4 Å². The van der Waals surface area contributed by atoms with Gasteiger partial charge in [-0.15, -0.1) is 0 Å². The second kappa shape index (κ2) is 10.7. The lowest BCUT2D eigenvalue weighted by Gasteiger charge is -2.29. The zero-order valence-electron chi connectivity index (χ0n) is 16.9. The van der Waals surface area contributed by atoms with Crippen LogP contribution in [0, 0.1) is 5.92 Å². The van der Waals surface area contributed by atoms with Crippen LogP contribution in [0.1, 0.15) is 39.7 Å². The SMILES string of the molecule is CCOc1ccc(CC(NC(=O)[C@](N)(C=O)[C@@H](C)CC)C(=O)O)cc1OCC. The van der Waals surface area contributed by atoms with E-state index in [1.165, 1.54) is 0 Å². The van der Waals surface area contributed by atoms with Crippen LogP contribution in [0.25, 0.3) is 0 Å². The molecule has 1 aromatic rings. The molecule has 0 aliphatic rings. The van der Waals surface area contributed by atoms with Gasteiger partial charge in [-0.2, -0.15) is 0 Å². The molecule has 0 bridgehead atoms. The molecule has 1 amide bonds. The average molecular weight is 394 g/mol. The van der Waals surface area contributed by atoms with Gasteiger partial charge in [-0.3, -0.25) is 4.79 Å². The largest absolute Gasteiger partial charge is 0.490 e. The van der Waals surface area contributed by atoms with Crippen molar-refractivity contribution in [3.63, 3.8) is 0 Å². The van der Waals surface area contributed by atoms with Crippen LogP contribution in [0.2, 0.25) is 0 Å². The molecule has 4 N–H and O–H groups in total. The number of hydrogen-bond acceptors (Lipinski definition) is 6. The number of aliphatic carboxylic acids is 1. The first kappa shape index (κ1) is 23.4. The van der Waals surface area contributed by atoms with Crippen LogP contribution in [0.3, 0.4) is 0 Å². The summed E-state index contributed by atoms with van der Waals surface area (Å²) in [5.41, 5.74) is 4.80.